The van der Waals surface area contributed by atoms with Gasteiger partial charge < -0.3 is 15.5 Å². The first-order valence-corrected chi connectivity index (χ1v) is 6.41. The maximum atomic E-state index is 11.3. The molecule has 2 N–H and O–H groups in total. The maximum Gasteiger partial charge on any atom is 0.432 e. The van der Waals surface area contributed by atoms with E-state index >= 15 is 0 Å². The number of sulfonamides is 1. The average Bonchev–Trinajstić information content (AvgIpc) is 2.13. The first kappa shape index (κ1) is 14.5. The standard InChI is InChI=1S/C7H15N3O5S/c1-4-8-6(11)10(16(3,13)14)15-7(12)9-5-2/h4-5H2,1-3H3,(H,8,11)(H,9,12). The van der Waals surface area contributed by atoms with Crippen LogP contribution in [0.5, 0.6) is 0 Å². The summed E-state index contributed by atoms with van der Waals surface area (Å²) in [6.45, 7) is 3.69. The number of carbonyl (C=O) groups excluding carboxylic acids is 2. The van der Waals surface area contributed by atoms with Crippen molar-refractivity contribution in [1.29, 1.82) is 0 Å². The van der Waals surface area contributed by atoms with E-state index in [1.54, 1.807) is 13.8 Å². The quantitative estimate of drug-likeness (QED) is 0.668. The zero-order valence-corrected chi connectivity index (χ0v) is 10.1. The third kappa shape index (κ3) is 4.82. The van der Waals surface area contributed by atoms with Gasteiger partial charge in [-0.3, -0.25) is 0 Å². The minimum atomic E-state index is -3.96. The van der Waals surface area contributed by atoms with Crippen LogP contribution in [-0.2, 0) is 14.9 Å². The predicted octanol–water partition coefficient (Wildman–Crippen LogP) is -0.361. The van der Waals surface area contributed by atoms with Crippen molar-refractivity contribution in [2.45, 2.75) is 13.8 Å². The van der Waals surface area contributed by atoms with Gasteiger partial charge in [-0.1, -0.05) is 0 Å². The first-order chi connectivity index (χ1) is 7.32. The second-order valence-corrected chi connectivity index (χ2v) is 4.53. The number of urea groups is 1. The van der Waals surface area contributed by atoms with Crippen LogP contribution in [-0.4, -0.2) is 44.4 Å². The number of carbonyl (C=O) groups is 2. The number of nitrogens with zero attached hydrogens (tertiary/aromatic N) is 1. The minimum Gasteiger partial charge on any atom is -0.335 e. The van der Waals surface area contributed by atoms with E-state index in [0.717, 1.165) is 6.26 Å². The van der Waals surface area contributed by atoms with Gasteiger partial charge in [-0.2, -0.15) is 0 Å². The number of amides is 3. The highest BCUT2D eigenvalue weighted by atomic mass is 32.2. The largest absolute Gasteiger partial charge is 0.432 e. The van der Waals surface area contributed by atoms with E-state index in [-0.39, 0.29) is 17.6 Å². The lowest BCUT2D eigenvalue weighted by Crippen LogP contribution is -2.46. The fourth-order valence-corrected chi connectivity index (χ4v) is 1.30. The number of hydrogen-bond donors (Lipinski definition) is 2. The summed E-state index contributed by atoms with van der Waals surface area (Å²) in [4.78, 5) is 26.6. The molecular weight excluding hydrogens is 238 g/mol. The maximum absolute atomic E-state index is 11.3. The highest BCUT2D eigenvalue weighted by Crippen LogP contribution is 2.00. The fourth-order valence-electron chi connectivity index (χ4n) is 0.727. The molecule has 0 aliphatic heterocycles. The lowest BCUT2D eigenvalue weighted by atomic mass is 10.7. The molecule has 0 saturated heterocycles. The Hall–Kier alpha value is -1.51. The van der Waals surface area contributed by atoms with Crippen molar-refractivity contribution in [1.82, 2.24) is 15.1 Å². The van der Waals surface area contributed by atoms with Crippen LogP contribution in [0.25, 0.3) is 0 Å². The second-order valence-electron chi connectivity index (χ2n) is 2.73. The fraction of sp³-hybridized carbons (Fsp3) is 0.714. The summed E-state index contributed by atoms with van der Waals surface area (Å²) < 4.78 is 22.3. The Labute approximate surface area is 93.9 Å². The lowest BCUT2D eigenvalue weighted by Gasteiger charge is -2.18. The molecule has 0 bridgehead atoms. The van der Waals surface area contributed by atoms with Crippen molar-refractivity contribution in [3.63, 3.8) is 0 Å². The van der Waals surface area contributed by atoms with Crippen LogP contribution >= 0.6 is 0 Å². The second kappa shape index (κ2) is 6.16. The Morgan fingerprint density at radius 3 is 2.06 bits per heavy atom. The molecule has 0 aromatic heterocycles. The molecule has 0 aromatic carbocycles. The Balaban J connectivity index is 4.71. The molecular formula is C7H15N3O5S. The predicted molar refractivity (Wildman–Crippen MR) is 55.9 cm³/mol. The zero-order valence-electron chi connectivity index (χ0n) is 9.31. The third-order valence-electron chi connectivity index (χ3n) is 1.28. The summed E-state index contributed by atoms with van der Waals surface area (Å²) in [7, 11) is -3.96. The van der Waals surface area contributed by atoms with Gasteiger partial charge in [0.15, 0.2) is 0 Å². The third-order valence-corrected chi connectivity index (χ3v) is 2.12. The van der Waals surface area contributed by atoms with Crippen LogP contribution in [0, 0.1) is 0 Å². The van der Waals surface area contributed by atoms with Crippen LogP contribution in [0.2, 0.25) is 0 Å². The van der Waals surface area contributed by atoms with E-state index in [1.165, 1.54) is 0 Å². The van der Waals surface area contributed by atoms with Crippen molar-refractivity contribution in [3.8, 4) is 0 Å². The zero-order chi connectivity index (χ0) is 12.8. The van der Waals surface area contributed by atoms with E-state index in [0.29, 0.717) is 0 Å². The molecule has 8 nitrogen and oxygen atoms in total. The summed E-state index contributed by atoms with van der Waals surface area (Å²) in [6.07, 6.45) is -0.263. The smallest absolute Gasteiger partial charge is 0.335 e. The van der Waals surface area contributed by atoms with E-state index in [2.05, 4.69) is 15.5 Å². The number of hydroxylamine groups is 1. The van der Waals surface area contributed by atoms with E-state index in [4.69, 9.17) is 0 Å². The van der Waals surface area contributed by atoms with Gasteiger partial charge in [-0.15, -0.1) is 0 Å². The molecule has 3 amide bonds. The Morgan fingerprint density at radius 1 is 1.19 bits per heavy atom. The van der Waals surface area contributed by atoms with Crippen molar-refractivity contribution in [3.05, 3.63) is 0 Å². The molecule has 0 aliphatic rings. The lowest BCUT2D eigenvalue weighted by molar-refractivity contribution is 0.0110. The average molecular weight is 253 g/mol. The minimum absolute atomic E-state index is 0.00148. The van der Waals surface area contributed by atoms with Crippen molar-refractivity contribution >= 4 is 22.1 Å². The monoisotopic (exact) mass is 253 g/mol. The molecule has 0 spiro atoms. The van der Waals surface area contributed by atoms with Gasteiger partial charge >= 0.3 is 12.1 Å². The molecule has 0 aromatic rings. The normalized spacial score (nSPS) is 10.4. The van der Waals surface area contributed by atoms with Gasteiger partial charge in [0.2, 0.25) is 0 Å². The van der Waals surface area contributed by atoms with Crippen LogP contribution in [0.4, 0.5) is 9.59 Å². The SMILES string of the molecule is CCNC(=O)ON(C(=O)NCC)S(C)(=O)=O. The molecule has 0 heterocycles. The molecule has 0 atom stereocenters. The Bertz CT molecular complexity index is 353. The van der Waals surface area contributed by atoms with Gasteiger partial charge in [0.1, 0.15) is 0 Å². The van der Waals surface area contributed by atoms with E-state index in [9.17, 15) is 18.0 Å². The molecule has 0 saturated carbocycles. The summed E-state index contributed by atoms with van der Waals surface area (Å²) in [5.74, 6) is 0. The molecule has 0 radical (unpaired) electrons. The van der Waals surface area contributed by atoms with Gasteiger partial charge in [-0.05, 0) is 18.3 Å². The Morgan fingerprint density at radius 2 is 1.69 bits per heavy atom. The molecule has 0 aliphatic carbocycles. The van der Waals surface area contributed by atoms with Gasteiger partial charge in [0.25, 0.3) is 10.0 Å². The van der Waals surface area contributed by atoms with Gasteiger partial charge in [0.05, 0.1) is 6.26 Å². The molecule has 9 heteroatoms. The van der Waals surface area contributed by atoms with Crippen molar-refractivity contribution < 1.29 is 22.8 Å². The van der Waals surface area contributed by atoms with Crippen LogP contribution in [0.1, 0.15) is 13.8 Å². The van der Waals surface area contributed by atoms with E-state index < -0.39 is 22.1 Å². The molecule has 16 heavy (non-hydrogen) atoms. The topological polar surface area (TPSA) is 105 Å². The number of hydrogen-bond acceptors (Lipinski definition) is 5. The Kier molecular flexibility index (Phi) is 5.57. The van der Waals surface area contributed by atoms with Crippen LogP contribution in [0.15, 0.2) is 0 Å². The molecule has 0 rings (SSSR count). The van der Waals surface area contributed by atoms with Crippen molar-refractivity contribution in [2.75, 3.05) is 19.3 Å². The van der Waals surface area contributed by atoms with Crippen molar-refractivity contribution in [2.24, 2.45) is 0 Å². The summed E-state index contributed by atoms with van der Waals surface area (Å²) in [5, 5.41) is 4.40. The van der Waals surface area contributed by atoms with Gasteiger partial charge in [0, 0.05) is 13.1 Å². The number of rotatable bonds is 3. The first-order valence-electron chi connectivity index (χ1n) is 4.56. The molecule has 0 unspecified atom stereocenters. The number of nitrogens with one attached hydrogen (secondary N) is 2. The summed E-state index contributed by atoms with van der Waals surface area (Å²) in [5.41, 5.74) is 0. The molecule has 94 valence electrons. The van der Waals surface area contributed by atoms with Crippen LogP contribution in [0.3, 0.4) is 0 Å². The highest BCUT2D eigenvalue weighted by molar-refractivity contribution is 7.88. The van der Waals surface area contributed by atoms with E-state index in [1.807, 2.05) is 0 Å². The molecule has 0 fully saturated rings. The summed E-state index contributed by atoms with van der Waals surface area (Å²) >= 11 is 0. The van der Waals surface area contributed by atoms with Gasteiger partial charge in [-0.25, -0.2) is 18.0 Å². The highest BCUT2D eigenvalue weighted by Gasteiger charge is 2.27. The van der Waals surface area contributed by atoms with Crippen LogP contribution < -0.4 is 10.6 Å². The summed E-state index contributed by atoms with van der Waals surface area (Å²) in [6, 6.07) is -1.02.